The number of aromatic nitrogens is 1. The van der Waals surface area contributed by atoms with Crippen molar-refractivity contribution in [2.45, 2.75) is 6.42 Å². The highest BCUT2D eigenvalue weighted by Gasteiger charge is 2.11. The molecule has 0 spiro atoms. The third-order valence-corrected chi connectivity index (χ3v) is 4.33. The summed E-state index contributed by atoms with van der Waals surface area (Å²) in [6.45, 7) is 0. The minimum Gasteiger partial charge on any atom is -0.361 e. The van der Waals surface area contributed by atoms with Gasteiger partial charge in [-0.15, -0.1) is 11.3 Å². The normalized spacial score (nSPS) is 10.9. The van der Waals surface area contributed by atoms with Gasteiger partial charge in [0.1, 0.15) is 0 Å². The van der Waals surface area contributed by atoms with Gasteiger partial charge in [0.2, 0.25) is 5.91 Å². The van der Waals surface area contributed by atoms with Crippen molar-refractivity contribution in [3.63, 3.8) is 0 Å². The molecule has 3 nitrogen and oxygen atoms in total. The van der Waals surface area contributed by atoms with Crippen LogP contribution in [0.5, 0.6) is 0 Å². The lowest BCUT2D eigenvalue weighted by Gasteiger charge is -2.09. The van der Waals surface area contributed by atoms with Crippen LogP contribution in [0.15, 0.2) is 41.9 Å². The molecule has 0 saturated carbocycles. The van der Waals surface area contributed by atoms with Gasteiger partial charge in [-0.25, -0.2) is 0 Å². The van der Waals surface area contributed by atoms with E-state index >= 15 is 0 Å². The quantitative estimate of drug-likeness (QED) is 0.784. The predicted octanol–water partition coefficient (Wildman–Crippen LogP) is 3.53. The first-order valence-corrected chi connectivity index (χ1v) is 7.37. The first-order chi connectivity index (χ1) is 9.65. The average molecular weight is 284 g/mol. The Bertz CT molecular complexity index is 741. The Labute approximate surface area is 121 Å². The van der Waals surface area contributed by atoms with E-state index in [1.807, 2.05) is 6.20 Å². The van der Waals surface area contributed by atoms with Crippen molar-refractivity contribution < 1.29 is 4.79 Å². The molecule has 0 unspecified atom stereocenters. The van der Waals surface area contributed by atoms with Crippen molar-refractivity contribution in [3.05, 3.63) is 47.5 Å². The molecule has 3 rings (SSSR count). The van der Waals surface area contributed by atoms with Gasteiger partial charge in [0.25, 0.3) is 0 Å². The van der Waals surface area contributed by atoms with E-state index in [0.717, 1.165) is 16.5 Å². The van der Waals surface area contributed by atoms with E-state index in [4.69, 9.17) is 0 Å². The number of nitrogens with one attached hydrogen (secondary N) is 1. The summed E-state index contributed by atoms with van der Waals surface area (Å²) in [4.78, 5) is 18.0. The summed E-state index contributed by atoms with van der Waals surface area (Å²) in [5, 5.41) is 3.21. The Kier molecular flexibility index (Phi) is 3.32. The lowest BCUT2D eigenvalue weighted by atomic mass is 10.1. The first kappa shape index (κ1) is 12.9. The van der Waals surface area contributed by atoms with Gasteiger partial charge < -0.3 is 9.88 Å². The number of H-pyrrole nitrogens is 1. The maximum atomic E-state index is 11.9. The summed E-state index contributed by atoms with van der Waals surface area (Å²) in [6, 6.07) is 10.5. The number of nitrogens with zero attached hydrogens (tertiary/aromatic N) is 1. The number of benzene rings is 1. The Balaban J connectivity index is 2.02. The molecule has 0 atom stereocenters. The maximum absolute atomic E-state index is 11.9. The molecule has 0 aliphatic carbocycles. The number of aromatic amines is 1. The van der Waals surface area contributed by atoms with Gasteiger partial charge in [-0.3, -0.25) is 4.79 Å². The topological polar surface area (TPSA) is 36.1 Å². The van der Waals surface area contributed by atoms with Crippen molar-refractivity contribution in [3.8, 4) is 10.4 Å². The number of carbonyl (C=O) groups is 1. The van der Waals surface area contributed by atoms with E-state index in [2.05, 4.69) is 40.7 Å². The van der Waals surface area contributed by atoms with Crippen molar-refractivity contribution in [2.75, 3.05) is 14.1 Å². The van der Waals surface area contributed by atoms with Crippen LogP contribution in [0.25, 0.3) is 21.3 Å². The lowest BCUT2D eigenvalue weighted by Crippen LogP contribution is -2.23. The molecule has 3 aromatic rings. The summed E-state index contributed by atoms with van der Waals surface area (Å²) in [5.74, 6) is 0.118. The number of fused-ring (bicyclic) bond motifs is 1. The standard InChI is InChI=1S/C16H16N2OS/c1-18(2)16(19)9-12-10-17-14-6-5-11(8-13(12)14)15-4-3-7-20-15/h3-8,10,17H,9H2,1-2H3. The fourth-order valence-electron chi connectivity index (χ4n) is 2.24. The first-order valence-electron chi connectivity index (χ1n) is 6.49. The van der Waals surface area contributed by atoms with Crippen LogP contribution in [0.4, 0.5) is 0 Å². The second-order valence-electron chi connectivity index (χ2n) is 5.02. The molecule has 20 heavy (non-hydrogen) atoms. The van der Waals surface area contributed by atoms with Gasteiger partial charge in [0, 0.05) is 36.1 Å². The molecule has 1 N–H and O–H groups in total. The minimum absolute atomic E-state index is 0.118. The summed E-state index contributed by atoms with van der Waals surface area (Å²) in [6.07, 6.45) is 2.37. The fourth-order valence-corrected chi connectivity index (χ4v) is 2.97. The van der Waals surface area contributed by atoms with E-state index in [1.54, 1.807) is 30.3 Å². The van der Waals surface area contributed by atoms with Crippen molar-refractivity contribution >= 4 is 28.1 Å². The Hall–Kier alpha value is -2.07. The molecule has 1 amide bonds. The van der Waals surface area contributed by atoms with Crippen LogP contribution in [0.1, 0.15) is 5.56 Å². The van der Waals surface area contributed by atoms with Crippen molar-refractivity contribution in [1.82, 2.24) is 9.88 Å². The van der Waals surface area contributed by atoms with Crippen LogP contribution in [-0.2, 0) is 11.2 Å². The summed E-state index contributed by atoms with van der Waals surface area (Å²) < 4.78 is 0. The molecule has 0 aliphatic rings. The molecule has 4 heteroatoms. The van der Waals surface area contributed by atoms with Gasteiger partial charge in [0.05, 0.1) is 6.42 Å². The van der Waals surface area contributed by atoms with Gasteiger partial charge in [-0.1, -0.05) is 12.1 Å². The smallest absolute Gasteiger partial charge is 0.226 e. The minimum atomic E-state index is 0.118. The van der Waals surface area contributed by atoms with E-state index in [9.17, 15) is 4.79 Å². The molecular formula is C16H16N2OS. The number of rotatable bonds is 3. The number of hydrogen-bond donors (Lipinski definition) is 1. The summed E-state index contributed by atoms with van der Waals surface area (Å²) in [7, 11) is 3.57. The Morgan fingerprint density at radius 3 is 2.85 bits per heavy atom. The lowest BCUT2D eigenvalue weighted by molar-refractivity contribution is -0.127. The molecular weight excluding hydrogens is 268 g/mol. The Morgan fingerprint density at radius 2 is 2.15 bits per heavy atom. The third-order valence-electron chi connectivity index (χ3n) is 3.41. The van der Waals surface area contributed by atoms with Gasteiger partial charge in [-0.2, -0.15) is 0 Å². The molecule has 102 valence electrons. The van der Waals surface area contributed by atoms with E-state index in [1.165, 1.54) is 10.4 Å². The van der Waals surface area contributed by atoms with Crippen LogP contribution >= 0.6 is 11.3 Å². The van der Waals surface area contributed by atoms with E-state index in [-0.39, 0.29) is 5.91 Å². The maximum Gasteiger partial charge on any atom is 0.226 e. The highest BCUT2D eigenvalue weighted by Crippen LogP contribution is 2.29. The number of thiophene rings is 1. The van der Waals surface area contributed by atoms with Crippen LogP contribution in [0.2, 0.25) is 0 Å². The average Bonchev–Trinajstić information content (AvgIpc) is 3.08. The van der Waals surface area contributed by atoms with Gasteiger partial charge >= 0.3 is 0 Å². The molecule has 0 radical (unpaired) electrons. The van der Waals surface area contributed by atoms with Crippen LogP contribution in [0.3, 0.4) is 0 Å². The summed E-state index contributed by atoms with van der Waals surface area (Å²) >= 11 is 1.73. The molecule has 0 bridgehead atoms. The SMILES string of the molecule is CN(C)C(=O)Cc1c[nH]c2ccc(-c3cccs3)cc12. The van der Waals surface area contributed by atoms with Crippen molar-refractivity contribution in [2.24, 2.45) is 0 Å². The second-order valence-corrected chi connectivity index (χ2v) is 5.96. The molecule has 0 aliphatic heterocycles. The van der Waals surface area contributed by atoms with Crippen molar-refractivity contribution in [1.29, 1.82) is 0 Å². The van der Waals surface area contributed by atoms with Crippen LogP contribution in [0, 0.1) is 0 Å². The monoisotopic (exact) mass is 284 g/mol. The fraction of sp³-hybridized carbons (Fsp3) is 0.188. The zero-order valence-corrected chi connectivity index (χ0v) is 12.3. The third kappa shape index (κ3) is 2.34. The van der Waals surface area contributed by atoms with E-state index < -0.39 is 0 Å². The second kappa shape index (κ2) is 5.13. The zero-order valence-electron chi connectivity index (χ0n) is 11.5. The number of carbonyl (C=O) groups excluding carboxylic acids is 1. The number of likely N-dealkylation sites (N-methyl/N-ethyl adjacent to an activating group) is 1. The largest absolute Gasteiger partial charge is 0.361 e. The Morgan fingerprint density at radius 1 is 1.30 bits per heavy atom. The highest BCUT2D eigenvalue weighted by atomic mass is 32.1. The number of hydrogen-bond acceptors (Lipinski definition) is 2. The van der Waals surface area contributed by atoms with Crippen LogP contribution in [-0.4, -0.2) is 29.9 Å². The van der Waals surface area contributed by atoms with Crippen LogP contribution < -0.4 is 0 Å². The molecule has 1 aromatic carbocycles. The molecule has 2 heterocycles. The van der Waals surface area contributed by atoms with E-state index in [0.29, 0.717) is 6.42 Å². The predicted molar refractivity (Wildman–Crippen MR) is 84.0 cm³/mol. The zero-order chi connectivity index (χ0) is 14.1. The molecule has 2 aromatic heterocycles. The summed E-state index contributed by atoms with van der Waals surface area (Å²) in [5.41, 5.74) is 3.33. The highest BCUT2D eigenvalue weighted by molar-refractivity contribution is 7.13. The van der Waals surface area contributed by atoms with Gasteiger partial charge in [0.15, 0.2) is 0 Å². The van der Waals surface area contributed by atoms with Gasteiger partial charge in [-0.05, 0) is 34.7 Å². The number of amides is 1. The molecule has 0 fully saturated rings. The molecule has 0 saturated heterocycles.